The Labute approximate surface area is 173 Å². The van der Waals surface area contributed by atoms with Crippen molar-refractivity contribution >= 4 is 24.0 Å². The van der Waals surface area contributed by atoms with Gasteiger partial charge in [-0.05, 0) is 80.5 Å². The molecule has 2 atom stereocenters. The van der Waals surface area contributed by atoms with E-state index < -0.39 is 28.7 Å². The molecule has 1 heterocycles. The quantitative estimate of drug-likeness (QED) is 0.647. The lowest BCUT2D eigenvalue weighted by Crippen LogP contribution is -2.60. The molecule has 4 bridgehead atoms. The Morgan fingerprint density at radius 3 is 2.48 bits per heavy atom. The molecule has 2 unspecified atom stereocenters. The van der Waals surface area contributed by atoms with Crippen LogP contribution in [0.25, 0.3) is 0 Å². The summed E-state index contributed by atoms with van der Waals surface area (Å²) < 4.78 is 56.7. The number of benzene rings is 1. The second-order valence-electron chi connectivity index (χ2n) is 9.47. The van der Waals surface area contributed by atoms with Crippen molar-refractivity contribution in [3.8, 4) is 0 Å². The molecule has 3 nitrogen and oxygen atoms in total. The number of hydrogen-bond donors (Lipinski definition) is 2. The maximum absolute atomic E-state index is 14.9. The molecule has 8 heteroatoms. The minimum Gasteiger partial charge on any atom is -0.323 e. The fourth-order valence-electron chi connectivity index (χ4n) is 6.74. The third-order valence-electron chi connectivity index (χ3n) is 7.60. The van der Waals surface area contributed by atoms with Crippen LogP contribution in [0.2, 0.25) is 0 Å². The summed E-state index contributed by atoms with van der Waals surface area (Å²) in [5.41, 5.74) is -1.21. The molecule has 5 aliphatic rings. The standard InChI is InChI=1S/C21H24F4N2O.ClH/c22-17-15-3-4-26-10-14(15)1-2-16(17)27-18(28)19-6-12-5-13(7-19)9-20(8-12,11-19)21(23,24)25;/h1-2,12-13,26H,3-11H2,(H,27,28);1H. The van der Waals surface area contributed by atoms with Gasteiger partial charge in [-0.25, -0.2) is 4.39 Å². The minimum atomic E-state index is -4.29. The third-order valence-corrected chi connectivity index (χ3v) is 7.60. The van der Waals surface area contributed by atoms with Crippen molar-refractivity contribution in [3.05, 3.63) is 29.1 Å². The van der Waals surface area contributed by atoms with Gasteiger partial charge >= 0.3 is 6.18 Å². The van der Waals surface area contributed by atoms with Gasteiger partial charge in [0.1, 0.15) is 5.82 Å². The molecule has 29 heavy (non-hydrogen) atoms. The minimum absolute atomic E-state index is 0. The fraction of sp³-hybridized carbons (Fsp3) is 0.667. The first-order chi connectivity index (χ1) is 13.2. The largest absolute Gasteiger partial charge is 0.394 e. The zero-order valence-corrected chi connectivity index (χ0v) is 16.8. The van der Waals surface area contributed by atoms with Crippen LogP contribution in [0.5, 0.6) is 0 Å². The van der Waals surface area contributed by atoms with Crippen molar-refractivity contribution < 1.29 is 22.4 Å². The molecule has 0 aromatic heterocycles. The van der Waals surface area contributed by atoms with E-state index in [4.69, 9.17) is 0 Å². The topological polar surface area (TPSA) is 41.1 Å². The second kappa shape index (κ2) is 6.84. The van der Waals surface area contributed by atoms with Gasteiger partial charge in [-0.1, -0.05) is 6.07 Å². The number of rotatable bonds is 2. The number of carbonyl (C=O) groups is 1. The SMILES string of the molecule is Cl.O=C(Nc1ccc2c(c1F)CCNC2)C12CC3CC(C1)CC(C(F)(F)F)(C3)C2. The van der Waals surface area contributed by atoms with Crippen molar-refractivity contribution in [3.63, 3.8) is 0 Å². The van der Waals surface area contributed by atoms with Gasteiger partial charge in [-0.3, -0.25) is 4.79 Å². The maximum Gasteiger partial charge on any atom is 0.394 e. The molecule has 0 spiro atoms. The Morgan fingerprint density at radius 2 is 1.83 bits per heavy atom. The molecule has 160 valence electrons. The van der Waals surface area contributed by atoms with Crippen LogP contribution in [0.4, 0.5) is 23.2 Å². The van der Waals surface area contributed by atoms with E-state index in [0.717, 1.165) is 12.0 Å². The zero-order valence-electron chi connectivity index (χ0n) is 16.0. The van der Waals surface area contributed by atoms with E-state index in [1.807, 2.05) is 0 Å². The van der Waals surface area contributed by atoms with Gasteiger partial charge in [0.05, 0.1) is 16.5 Å². The van der Waals surface area contributed by atoms with Crippen LogP contribution in [-0.2, 0) is 17.8 Å². The van der Waals surface area contributed by atoms with Gasteiger partial charge in [-0.2, -0.15) is 13.2 Å². The summed E-state index contributed by atoms with van der Waals surface area (Å²) >= 11 is 0. The number of amides is 1. The number of halogens is 5. The van der Waals surface area contributed by atoms with Crippen molar-refractivity contribution in [1.29, 1.82) is 0 Å². The number of nitrogens with one attached hydrogen (secondary N) is 2. The molecule has 0 saturated heterocycles. The first-order valence-electron chi connectivity index (χ1n) is 10.1. The lowest BCUT2D eigenvalue weighted by Gasteiger charge is -2.61. The van der Waals surface area contributed by atoms with Crippen LogP contribution in [0.15, 0.2) is 12.1 Å². The highest BCUT2D eigenvalue weighted by Crippen LogP contribution is 2.69. The van der Waals surface area contributed by atoms with Gasteiger partial charge in [0.2, 0.25) is 5.91 Å². The number of carbonyl (C=O) groups excluding carboxylic acids is 1. The molecular weight excluding hydrogens is 408 g/mol. The molecule has 1 aliphatic heterocycles. The molecule has 1 aromatic carbocycles. The molecule has 4 fully saturated rings. The molecule has 1 amide bonds. The summed E-state index contributed by atoms with van der Waals surface area (Å²) in [6.07, 6.45) is -1.86. The van der Waals surface area contributed by atoms with Gasteiger partial charge < -0.3 is 10.6 Å². The van der Waals surface area contributed by atoms with E-state index in [1.165, 1.54) is 0 Å². The fourth-order valence-corrected chi connectivity index (χ4v) is 6.74. The predicted molar refractivity (Wildman–Crippen MR) is 103 cm³/mol. The highest BCUT2D eigenvalue weighted by molar-refractivity contribution is 5.96. The van der Waals surface area contributed by atoms with Crippen LogP contribution in [0, 0.1) is 28.5 Å². The van der Waals surface area contributed by atoms with Crippen LogP contribution in [-0.4, -0.2) is 18.6 Å². The monoisotopic (exact) mass is 432 g/mol. The summed E-state index contributed by atoms with van der Waals surface area (Å²) in [5, 5.41) is 5.86. The smallest absolute Gasteiger partial charge is 0.323 e. The lowest BCUT2D eigenvalue weighted by molar-refractivity contribution is -0.283. The summed E-state index contributed by atoms with van der Waals surface area (Å²) in [5.74, 6) is -0.994. The van der Waals surface area contributed by atoms with Crippen molar-refractivity contribution in [2.45, 2.75) is 57.7 Å². The molecule has 4 aliphatic carbocycles. The second-order valence-corrected chi connectivity index (χ2v) is 9.47. The number of fused-ring (bicyclic) bond motifs is 1. The normalized spacial score (nSPS) is 35.0. The lowest BCUT2D eigenvalue weighted by atomic mass is 9.43. The summed E-state index contributed by atoms with van der Waals surface area (Å²) in [4.78, 5) is 13.2. The van der Waals surface area contributed by atoms with E-state index in [0.29, 0.717) is 37.9 Å². The molecule has 2 N–H and O–H groups in total. The summed E-state index contributed by atoms with van der Waals surface area (Å²) in [6.45, 7) is 1.25. The summed E-state index contributed by atoms with van der Waals surface area (Å²) in [7, 11) is 0. The van der Waals surface area contributed by atoms with Crippen LogP contribution in [0.1, 0.15) is 49.7 Å². The number of hydrogen-bond acceptors (Lipinski definition) is 2. The predicted octanol–water partition coefficient (Wildman–Crippen LogP) is 4.98. The summed E-state index contributed by atoms with van der Waals surface area (Å²) in [6, 6.07) is 3.33. The first-order valence-corrected chi connectivity index (χ1v) is 10.1. The Kier molecular flexibility index (Phi) is 4.93. The number of anilines is 1. The molecule has 4 saturated carbocycles. The Hall–Kier alpha value is -1.34. The highest BCUT2D eigenvalue weighted by Gasteiger charge is 2.68. The highest BCUT2D eigenvalue weighted by atomic mass is 35.5. The van der Waals surface area contributed by atoms with Crippen molar-refractivity contribution in [2.75, 3.05) is 11.9 Å². The molecule has 1 aromatic rings. The Bertz CT molecular complexity index is 827. The zero-order chi connectivity index (χ0) is 19.7. The first kappa shape index (κ1) is 20.9. The van der Waals surface area contributed by atoms with Gasteiger partial charge in [0.25, 0.3) is 0 Å². The molecular formula is C21H25ClF4N2O. The van der Waals surface area contributed by atoms with E-state index in [2.05, 4.69) is 10.6 Å². The third kappa shape index (κ3) is 3.16. The van der Waals surface area contributed by atoms with Crippen LogP contribution >= 0.6 is 12.4 Å². The van der Waals surface area contributed by atoms with Crippen LogP contribution in [0.3, 0.4) is 0 Å². The number of alkyl halides is 3. The maximum atomic E-state index is 14.9. The molecule has 0 radical (unpaired) electrons. The Morgan fingerprint density at radius 1 is 1.14 bits per heavy atom. The van der Waals surface area contributed by atoms with Crippen molar-refractivity contribution in [1.82, 2.24) is 5.32 Å². The van der Waals surface area contributed by atoms with E-state index in [1.54, 1.807) is 12.1 Å². The van der Waals surface area contributed by atoms with E-state index >= 15 is 0 Å². The average molecular weight is 433 g/mol. The van der Waals surface area contributed by atoms with Crippen molar-refractivity contribution in [2.24, 2.45) is 22.7 Å². The van der Waals surface area contributed by atoms with Gasteiger partial charge in [0.15, 0.2) is 0 Å². The van der Waals surface area contributed by atoms with Gasteiger partial charge in [-0.15, -0.1) is 12.4 Å². The molecule has 6 rings (SSSR count). The van der Waals surface area contributed by atoms with E-state index in [-0.39, 0.29) is 49.2 Å². The average Bonchev–Trinajstić information content (AvgIpc) is 2.62. The van der Waals surface area contributed by atoms with Gasteiger partial charge in [0, 0.05) is 6.54 Å². The Balaban J connectivity index is 0.00000205. The van der Waals surface area contributed by atoms with E-state index in [9.17, 15) is 22.4 Å². The van der Waals surface area contributed by atoms with Crippen LogP contribution < -0.4 is 10.6 Å².